The van der Waals surface area contributed by atoms with Crippen molar-refractivity contribution in [3.05, 3.63) is 23.6 Å². The maximum absolute atomic E-state index is 11.6. The van der Waals surface area contributed by atoms with Crippen molar-refractivity contribution in [2.24, 2.45) is 0 Å². The number of methoxy groups -OCH3 is 1. The van der Waals surface area contributed by atoms with Gasteiger partial charge in [0.15, 0.2) is 0 Å². The quantitative estimate of drug-likeness (QED) is 0.268. The van der Waals surface area contributed by atoms with Crippen molar-refractivity contribution < 1.29 is 19.1 Å². The van der Waals surface area contributed by atoms with Crippen LogP contribution >= 0.6 is 21.6 Å². The van der Waals surface area contributed by atoms with Crippen molar-refractivity contribution in [2.45, 2.75) is 30.9 Å². The highest BCUT2D eigenvalue weighted by molar-refractivity contribution is 8.78. The van der Waals surface area contributed by atoms with E-state index in [2.05, 4.69) is 26.9 Å². The predicted octanol–water partition coefficient (Wildman–Crippen LogP) is 1.79. The zero-order valence-electron chi connectivity index (χ0n) is 13.1. The van der Waals surface area contributed by atoms with E-state index in [1.54, 1.807) is 10.8 Å². The van der Waals surface area contributed by atoms with Crippen molar-refractivity contribution in [1.82, 2.24) is 10.6 Å². The summed E-state index contributed by atoms with van der Waals surface area (Å²) < 4.78 is 4.37. The molecule has 0 saturated heterocycles. The molecule has 1 aliphatic heterocycles. The molecule has 2 amide bonds. The zero-order valence-corrected chi connectivity index (χ0v) is 14.7. The number of amides is 2. The molecule has 2 N–H and O–H groups in total. The van der Waals surface area contributed by atoms with E-state index in [1.807, 2.05) is 10.8 Å². The average Bonchev–Trinajstić information content (AvgIpc) is 3.06. The summed E-state index contributed by atoms with van der Waals surface area (Å²) in [5, 5.41) is 8.00. The fourth-order valence-corrected chi connectivity index (χ4v) is 4.04. The molecule has 1 atom stereocenters. The molecular weight excluding hydrogens is 336 g/mol. The van der Waals surface area contributed by atoms with Crippen LogP contribution in [0.2, 0.25) is 0 Å². The first-order valence-electron chi connectivity index (χ1n) is 7.41. The summed E-state index contributed by atoms with van der Waals surface area (Å²) in [7, 11) is 4.86. The monoisotopic (exact) mass is 358 g/mol. The van der Waals surface area contributed by atoms with Crippen LogP contribution in [-0.2, 0) is 19.1 Å². The summed E-state index contributed by atoms with van der Waals surface area (Å²) in [5.41, 5.74) is 0. The lowest BCUT2D eigenvalue weighted by molar-refractivity contribution is -0.135. The van der Waals surface area contributed by atoms with Gasteiger partial charge in [0.1, 0.15) is 0 Å². The molecular formula is C15H22N2O4S2. The maximum atomic E-state index is 11.6. The number of nitrogens with one attached hydrogen (secondary N) is 2. The molecule has 0 fully saturated rings. The highest BCUT2D eigenvalue weighted by atomic mass is 33.1. The number of carbonyl (C=O) groups is 3. The summed E-state index contributed by atoms with van der Waals surface area (Å²) in [6, 6.07) is 0. The lowest BCUT2D eigenvalue weighted by Gasteiger charge is -2.07. The molecule has 0 aromatic carbocycles. The number of hydrogen-bond donors (Lipinski definition) is 2. The Morgan fingerprint density at radius 3 is 2.65 bits per heavy atom. The summed E-state index contributed by atoms with van der Waals surface area (Å²) in [6.07, 6.45) is 7.85. The Hall–Kier alpha value is -1.41. The molecule has 6 nitrogen and oxygen atoms in total. The van der Waals surface area contributed by atoms with Gasteiger partial charge in [0.2, 0.25) is 11.8 Å². The molecule has 0 saturated carbocycles. The number of carbonyl (C=O) groups excluding carboxylic acids is 3. The highest BCUT2D eigenvalue weighted by Gasteiger charge is 2.10. The van der Waals surface area contributed by atoms with Gasteiger partial charge in [-0.2, -0.15) is 0 Å². The second-order valence-electron chi connectivity index (χ2n) is 4.80. The number of rotatable bonds is 10. The van der Waals surface area contributed by atoms with Crippen LogP contribution in [0, 0.1) is 0 Å². The SMILES string of the molecule is COC(=O)/C=C/C(=O)NCCNC(=O)CCCC[C@@H]1C=CSS1. The first kappa shape index (κ1) is 19.6. The number of esters is 1. The van der Waals surface area contributed by atoms with Gasteiger partial charge in [0, 0.05) is 36.9 Å². The molecule has 0 aromatic rings. The average molecular weight is 358 g/mol. The van der Waals surface area contributed by atoms with Crippen LogP contribution in [0.15, 0.2) is 23.6 Å². The minimum atomic E-state index is -0.585. The van der Waals surface area contributed by atoms with Crippen LogP contribution < -0.4 is 10.6 Å². The molecule has 1 rings (SSSR count). The minimum absolute atomic E-state index is 0.00616. The fourth-order valence-electron chi connectivity index (χ4n) is 1.78. The molecule has 0 radical (unpaired) electrons. The van der Waals surface area contributed by atoms with E-state index < -0.39 is 11.9 Å². The fraction of sp³-hybridized carbons (Fsp3) is 0.533. The minimum Gasteiger partial charge on any atom is -0.466 e. The van der Waals surface area contributed by atoms with Gasteiger partial charge < -0.3 is 15.4 Å². The Balaban J connectivity index is 1.96. The topological polar surface area (TPSA) is 84.5 Å². The molecule has 0 aromatic heterocycles. The normalized spacial score (nSPS) is 16.5. The number of hydrogen-bond acceptors (Lipinski definition) is 6. The first-order valence-corrected chi connectivity index (χ1v) is 9.69. The Morgan fingerprint density at radius 1 is 1.17 bits per heavy atom. The number of ether oxygens (including phenoxy) is 1. The van der Waals surface area contributed by atoms with Crippen LogP contribution in [0.3, 0.4) is 0 Å². The van der Waals surface area contributed by atoms with Crippen molar-refractivity contribution in [1.29, 1.82) is 0 Å². The first-order chi connectivity index (χ1) is 11.1. The summed E-state index contributed by atoms with van der Waals surface area (Å²) in [5.74, 6) is -0.989. The van der Waals surface area contributed by atoms with Crippen LogP contribution in [0.1, 0.15) is 25.7 Å². The third kappa shape index (κ3) is 10.1. The van der Waals surface area contributed by atoms with Gasteiger partial charge >= 0.3 is 5.97 Å². The van der Waals surface area contributed by atoms with Gasteiger partial charge in [-0.1, -0.05) is 34.1 Å². The Kier molecular flexibility index (Phi) is 10.3. The molecule has 1 heterocycles. The van der Waals surface area contributed by atoms with E-state index in [4.69, 9.17) is 0 Å². The lowest BCUT2D eigenvalue weighted by Crippen LogP contribution is -2.33. The van der Waals surface area contributed by atoms with E-state index in [-0.39, 0.29) is 5.91 Å². The van der Waals surface area contributed by atoms with Crippen molar-refractivity contribution in [2.75, 3.05) is 20.2 Å². The van der Waals surface area contributed by atoms with Gasteiger partial charge in [-0.25, -0.2) is 4.79 Å². The van der Waals surface area contributed by atoms with Crippen molar-refractivity contribution in [3.63, 3.8) is 0 Å². The molecule has 1 aliphatic rings. The van der Waals surface area contributed by atoms with E-state index in [1.165, 1.54) is 7.11 Å². The van der Waals surface area contributed by atoms with Gasteiger partial charge in [0.25, 0.3) is 0 Å². The zero-order chi connectivity index (χ0) is 16.9. The van der Waals surface area contributed by atoms with E-state index in [0.717, 1.165) is 31.4 Å². The highest BCUT2D eigenvalue weighted by Crippen LogP contribution is 2.37. The maximum Gasteiger partial charge on any atom is 0.330 e. The summed E-state index contributed by atoms with van der Waals surface area (Å²) >= 11 is 0. The molecule has 0 spiro atoms. The van der Waals surface area contributed by atoms with Gasteiger partial charge in [-0.3, -0.25) is 9.59 Å². The van der Waals surface area contributed by atoms with Crippen LogP contribution in [-0.4, -0.2) is 43.2 Å². The molecule has 0 bridgehead atoms. The van der Waals surface area contributed by atoms with Crippen LogP contribution in [0.25, 0.3) is 0 Å². The largest absolute Gasteiger partial charge is 0.466 e. The third-order valence-electron chi connectivity index (χ3n) is 2.99. The van der Waals surface area contributed by atoms with E-state index in [0.29, 0.717) is 24.8 Å². The lowest BCUT2D eigenvalue weighted by atomic mass is 10.1. The Labute approximate surface area is 144 Å². The standard InChI is InChI=1S/C15H22N2O4S2/c1-21-15(20)7-6-14(19)17-10-9-16-13(18)5-3-2-4-12-8-11-22-23-12/h6-8,11-12H,2-5,9-10H2,1H3,(H,16,18)(H,17,19)/b7-6+/t12-/m1/s1. The van der Waals surface area contributed by atoms with Crippen molar-refractivity contribution >= 4 is 39.4 Å². The van der Waals surface area contributed by atoms with E-state index >= 15 is 0 Å². The molecule has 0 unspecified atom stereocenters. The van der Waals surface area contributed by atoms with Crippen molar-refractivity contribution in [3.8, 4) is 0 Å². The van der Waals surface area contributed by atoms with Crippen LogP contribution in [0.4, 0.5) is 0 Å². The van der Waals surface area contributed by atoms with Gasteiger partial charge in [0.05, 0.1) is 7.11 Å². The smallest absolute Gasteiger partial charge is 0.330 e. The molecule has 8 heteroatoms. The summed E-state index contributed by atoms with van der Waals surface area (Å²) in [4.78, 5) is 33.7. The molecule has 23 heavy (non-hydrogen) atoms. The Bertz CT molecular complexity index is 466. The van der Waals surface area contributed by atoms with E-state index in [9.17, 15) is 14.4 Å². The van der Waals surface area contributed by atoms with Crippen LogP contribution in [0.5, 0.6) is 0 Å². The molecule has 128 valence electrons. The molecule has 0 aliphatic carbocycles. The Morgan fingerprint density at radius 2 is 1.96 bits per heavy atom. The second-order valence-corrected chi connectivity index (χ2v) is 7.22. The van der Waals surface area contributed by atoms with Gasteiger partial charge in [-0.05, 0) is 18.2 Å². The summed E-state index contributed by atoms with van der Waals surface area (Å²) in [6.45, 7) is 0.686. The second kappa shape index (κ2) is 12.1. The predicted molar refractivity (Wildman–Crippen MR) is 93.8 cm³/mol. The van der Waals surface area contributed by atoms with Gasteiger partial charge in [-0.15, -0.1) is 0 Å². The third-order valence-corrected chi connectivity index (χ3v) is 5.42. The number of unbranched alkanes of at least 4 members (excludes halogenated alkanes) is 1.